The van der Waals surface area contributed by atoms with Crippen LogP contribution >= 0.6 is 12.0 Å². The second-order valence-electron chi connectivity index (χ2n) is 9.83. The lowest BCUT2D eigenvalue weighted by Gasteiger charge is -2.19. The summed E-state index contributed by atoms with van der Waals surface area (Å²) >= 11 is 0.952. The van der Waals surface area contributed by atoms with E-state index >= 15 is 0 Å². The van der Waals surface area contributed by atoms with Gasteiger partial charge in [0.1, 0.15) is 12.4 Å². The molecule has 208 valence electrons. The van der Waals surface area contributed by atoms with Crippen LogP contribution < -0.4 is 4.74 Å². The van der Waals surface area contributed by atoms with Gasteiger partial charge in [0, 0.05) is 13.2 Å². The molecule has 2 heterocycles. The molecule has 0 aliphatic heterocycles. The average molecular weight is 562 g/mol. The third kappa shape index (κ3) is 7.30. The summed E-state index contributed by atoms with van der Waals surface area (Å²) < 4.78 is 55.6. The Hall–Kier alpha value is -3.57. The molecular formula is C28H30F3N3O4S. The van der Waals surface area contributed by atoms with E-state index in [1.807, 2.05) is 36.4 Å². The first kappa shape index (κ1) is 28.4. The van der Waals surface area contributed by atoms with Crippen LogP contribution in [0.4, 0.5) is 13.2 Å². The Morgan fingerprint density at radius 2 is 1.77 bits per heavy atom. The molecule has 2 aromatic heterocycles. The van der Waals surface area contributed by atoms with Gasteiger partial charge in [0.25, 0.3) is 0 Å². The zero-order valence-electron chi connectivity index (χ0n) is 21.9. The van der Waals surface area contributed by atoms with Gasteiger partial charge in [0.15, 0.2) is 18.5 Å². The van der Waals surface area contributed by atoms with Crippen molar-refractivity contribution in [3.05, 3.63) is 83.2 Å². The highest BCUT2D eigenvalue weighted by Gasteiger charge is 2.29. The molecule has 2 aromatic carbocycles. The number of hydrogen-bond acceptors (Lipinski definition) is 7. The van der Waals surface area contributed by atoms with E-state index in [1.165, 1.54) is 12.3 Å². The first-order valence-corrected chi connectivity index (χ1v) is 12.8. The minimum absolute atomic E-state index is 0. The molecule has 0 saturated heterocycles. The van der Waals surface area contributed by atoms with E-state index in [9.17, 15) is 18.0 Å². The predicted molar refractivity (Wildman–Crippen MR) is 144 cm³/mol. The topological polar surface area (TPSA) is 75.5 Å². The van der Waals surface area contributed by atoms with Crippen LogP contribution in [0.15, 0.2) is 66.0 Å². The number of rotatable bonds is 9. The summed E-state index contributed by atoms with van der Waals surface area (Å²) in [6.07, 6.45) is -3.08. The van der Waals surface area contributed by atoms with Crippen LogP contribution in [-0.4, -0.2) is 33.3 Å². The van der Waals surface area contributed by atoms with Gasteiger partial charge in [-0.1, -0.05) is 45.0 Å². The Morgan fingerprint density at radius 1 is 1.05 bits per heavy atom. The molecule has 7 nitrogen and oxygen atoms in total. The highest BCUT2D eigenvalue weighted by Crippen LogP contribution is 2.28. The van der Waals surface area contributed by atoms with E-state index in [1.54, 1.807) is 23.6 Å². The van der Waals surface area contributed by atoms with Crippen LogP contribution in [0.2, 0.25) is 0 Å². The molecule has 4 rings (SSSR count). The minimum Gasteiger partial charge on any atom is -0.484 e. The van der Waals surface area contributed by atoms with Crippen LogP contribution in [0.3, 0.4) is 0 Å². The maximum Gasteiger partial charge on any atom is 0.422 e. The Bertz CT molecular complexity index is 1450. The summed E-state index contributed by atoms with van der Waals surface area (Å²) in [7, 11) is 0. The standard InChI is InChI=1S/C28H28F3N3O4S.H2/c1-18-22(32-14-13-24(18)36-16-28(29,30)31)15-38-39-26-33-21-7-5-6-8-23(21)34(26)17-37-25(35)19-9-11-20(12-10-19)27(2,3)4;/h5-14H,15-17H2,1-4H3;1H. The molecule has 0 amide bonds. The summed E-state index contributed by atoms with van der Waals surface area (Å²) in [6, 6.07) is 16.1. The lowest BCUT2D eigenvalue weighted by atomic mass is 9.87. The lowest BCUT2D eigenvalue weighted by molar-refractivity contribution is -0.153. The van der Waals surface area contributed by atoms with E-state index in [-0.39, 0.29) is 25.9 Å². The summed E-state index contributed by atoms with van der Waals surface area (Å²) in [5, 5.41) is 0.439. The number of esters is 1. The number of alkyl halides is 3. The highest BCUT2D eigenvalue weighted by molar-refractivity contribution is 7.94. The van der Waals surface area contributed by atoms with Gasteiger partial charge in [-0.3, -0.25) is 9.55 Å². The van der Waals surface area contributed by atoms with Crippen LogP contribution in [0.25, 0.3) is 11.0 Å². The number of nitrogens with zero attached hydrogens (tertiary/aromatic N) is 3. The zero-order valence-corrected chi connectivity index (χ0v) is 22.7. The predicted octanol–water partition coefficient (Wildman–Crippen LogP) is 7.26. The number of carbonyl (C=O) groups is 1. The number of imidazole rings is 1. The summed E-state index contributed by atoms with van der Waals surface area (Å²) in [6.45, 7) is 6.42. The largest absolute Gasteiger partial charge is 0.484 e. The van der Waals surface area contributed by atoms with Crippen molar-refractivity contribution in [3.63, 3.8) is 0 Å². The van der Waals surface area contributed by atoms with Gasteiger partial charge in [0.05, 0.1) is 34.3 Å². The van der Waals surface area contributed by atoms with E-state index in [0.29, 0.717) is 27.5 Å². The number of hydrogen-bond donors (Lipinski definition) is 0. The zero-order chi connectivity index (χ0) is 28.2. The molecule has 0 radical (unpaired) electrons. The van der Waals surface area contributed by atoms with Crippen molar-refractivity contribution in [2.24, 2.45) is 0 Å². The SMILES string of the molecule is Cc1c(OCC(F)(F)F)ccnc1COSc1nc2ccccc2n1COC(=O)c1ccc(C(C)(C)C)cc1.[HH]. The van der Waals surface area contributed by atoms with Gasteiger partial charge in [-0.2, -0.15) is 13.2 Å². The Balaban J connectivity index is 0.00000441. The van der Waals surface area contributed by atoms with Crippen molar-refractivity contribution in [3.8, 4) is 5.75 Å². The molecule has 0 atom stereocenters. The third-order valence-electron chi connectivity index (χ3n) is 5.91. The highest BCUT2D eigenvalue weighted by atomic mass is 32.2. The molecular weight excluding hydrogens is 531 g/mol. The number of benzene rings is 2. The van der Waals surface area contributed by atoms with Gasteiger partial charge in [-0.05, 0) is 48.2 Å². The first-order valence-electron chi connectivity index (χ1n) is 12.1. The Kier molecular flexibility index (Phi) is 8.51. The fraction of sp³-hybridized carbons (Fsp3) is 0.321. The van der Waals surface area contributed by atoms with Crippen molar-refractivity contribution in [2.45, 2.75) is 57.8 Å². The van der Waals surface area contributed by atoms with Crippen LogP contribution in [0.5, 0.6) is 5.75 Å². The van der Waals surface area contributed by atoms with Crippen molar-refractivity contribution in [1.29, 1.82) is 0 Å². The lowest BCUT2D eigenvalue weighted by Crippen LogP contribution is -2.19. The molecule has 0 N–H and O–H groups in total. The van der Waals surface area contributed by atoms with E-state index in [4.69, 9.17) is 13.7 Å². The van der Waals surface area contributed by atoms with Crippen molar-refractivity contribution >= 4 is 29.0 Å². The fourth-order valence-corrected chi connectivity index (χ4v) is 4.37. The molecule has 0 bridgehead atoms. The number of aromatic nitrogens is 3. The van der Waals surface area contributed by atoms with Crippen LogP contribution in [0.1, 0.15) is 49.4 Å². The van der Waals surface area contributed by atoms with Crippen molar-refractivity contribution < 1.29 is 33.0 Å². The molecule has 0 spiro atoms. The van der Waals surface area contributed by atoms with Gasteiger partial charge in [-0.15, -0.1) is 0 Å². The molecule has 4 aromatic rings. The molecule has 11 heteroatoms. The molecule has 0 unspecified atom stereocenters. The van der Waals surface area contributed by atoms with Gasteiger partial charge in [0.2, 0.25) is 0 Å². The maximum atomic E-state index is 12.7. The Labute approximate surface area is 230 Å². The Morgan fingerprint density at radius 3 is 2.46 bits per heavy atom. The maximum absolute atomic E-state index is 12.7. The van der Waals surface area contributed by atoms with E-state index in [0.717, 1.165) is 23.1 Å². The number of fused-ring (bicyclic) bond motifs is 1. The van der Waals surface area contributed by atoms with E-state index in [2.05, 4.69) is 30.7 Å². The first-order chi connectivity index (χ1) is 18.4. The number of pyridine rings is 1. The summed E-state index contributed by atoms with van der Waals surface area (Å²) in [5.41, 5.74) is 3.82. The number of halogens is 3. The van der Waals surface area contributed by atoms with Gasteiger partial charge in [-0.25, -0.2) is 9.78 Å². The fourth-order valence-electron chi connectivity index (χ4n) is 3.71. The van der Waals surface area contributed by atoms with Gasteiger partial charge < -0.3 is 13.7 Å². The van der Waals surface area contributed by atoms with Crippen molar-refractivity contribution in [1.82, 2.24) is 14.5 Å². The molecule has 0 fully saturated rings. The van der Waals surface area contributed by atoms with Crippen molar-refractivity contribution in [2.75, 3.05) is 6.61 Å². The molecule has 0 aliphatic rings. The third-order valence-corrected chi connectivity index (χ3v) is 6.61. The molecule has 0 saturated carbocycles. The smallest absolute Gasteiger partial charge is 0.422 e. The van der Waals surface area contributed by atoms with Crippen LogP contribution in [-0.2, 0) is 27.7 Å². The van der Waals surface area contributed by atoms with Gasteiger partial charge >= 0.3 is 12.1 Å². The molecule has 0 aliphatic carbocycles. The normalized spacial score (nSPS) is 12.1. The summed E-state index contributed by atoms with van der Waals surface area (Å²) in [5.74, 6) is -0.388. The summed E-state index contributed by atoms with van der Waals surface area (Å²) in [4.78, 5) is 21.5. The monoisotopic (exact) mass is 561 g/mol. The second-order valence-corrected chi connectivity index (χ2v) is 10.6. The number of para-hydroxylation sites is 2. The number of ether oxygens (including phenoxy) is 2. The minimum atomic E-state index is -4.44. The van der Waals surface area contributed by atoms with E-state index < -0.39 is 18.8 Å². The van der Waals surface area contributed by atoms with Crippen LogP contribution in [0, 0.1) is 6.92 Å². The number of carbonyl (C=O) groups excluding carboxylic acids is 1. The quantitative estimate of drug-likeness (QED) is 0.157. The average Bonchev–Trinajstić information content (AvgIpc) is 3.24. The molecule has 39 heavy (non-hydrogen) atoms. The second kappa shape index (κ2) is 11.7.